The predicted octanol–water partition coefficient (Wildman–Crippen LogP) is 4.38. The van der Waals surface area contributed by atoms with Crippen LogP contribution in [0.3, 0.4) is 0 Å². The summed E-state index contributed by atoms with van der Waals surface area (Å²) in [6, 6.07) is 12.1. The molecule has 3 rings (SSSR count). The lowest BCUT2D eigenvalue weighted by atomic mass is 10.3. The number of nitro groups is 1. The van der Waals surface area contributed by atoms with Crippen LogP contribution in [-0.2, 0) is 0 Å². The first-order valence-corrected chi connectivity index (χ1v) is 8.90. The molecule has 0 atom stereocenters. The van der Waals surface area contributed by atoms with Gasteiger partial charge >= 0.3 is 0 Å². The summed E-state index contributed by atoms with van der Waals surface area (Å²) in [5, 5.41) is 10.8. The maximum Gasteiger partial charge on any atom is 0.270 e. The van der Waals surface area contributed by atoms with Crippen molar-refractivity contribution in [3.63, 3.8) is 0 Å². The summed E-state index contributed by atoms with van der Waals surface area (Å²) < 4.78 is 12.5. The van der Waals surface area contributed by atoms with Crippen molar-refractivity contribution in [3.05, 3.63) is 52.6 Å². The molecular formula is C16H14N2O4S2. The number of fused-ring (bicyclic) bond motifs is 1. The lowest BCUT2D eigenvalue weighted by Crippen LogP contribution is -1.99. The predicted molar refractivity (Wildman–Crippen MR) is 95.5 cm³/mol. The second-order valence-electron chi connectivity index (χ2n) is 4.76. The standard InChI is InChI=1S/C16H14N2O4S2/c1-21-12-3-5-13(6-4-12)22-8-9-23-16-17-14-7-2-11(18(19)20)10-15(14)24-16/h2-7,10H,8-9H2,1H3. The van der Waals surface area contributed by atoms with E-state index in [1.165, 1.54) is 17.4 Å². The van der Waals surface area contributed by atoms with E-state index < -0.39 is 4.92 Å². The van der Waals surface area contributed by atoms with E-state index in [0.717, 1.165) is 31.8 Å². The first kappa shape index (κ1) is 16.5. The number of thioether (sulfide) groups is 1. The quantitative estimate of drug-likeness (QED) is 0.269. The van der Waals surface area contributed by atoms with E-state index in [9.17, 15) is 10.1 Å². The lowest BCUT2D eigenvalue weighted by Gasteiger charge is -2.06. The van der Waals surface area contributed by atoms with Crippen molar-refractivity contribution < 1.29 is 14.4 Å². The number of aromatic nitrogens is 1. The third kappa shape index (κ3) is 3.95. The van der Waals surface area contributed by atoms with E-state index in [4.69, 9.17) is 9.47 Å². The number of rotatable bonds is 7. The topological polar surface area (TPSA) is 74.5 Å². The number of hydrogen-bond acceptors (Lipinski definition) is 7. The number of ether oxygens (including phenoxy) is 2. The van der Waals surface area contributed by atoms with Gasteiger partial charge in [-0.25, -0.2) is 4.98 Å². The zero-order valence-corrected chi connectivity index (χ0v) is 14.4. The third-order valence-corrected chi connectivity index (χ3v) is 5.33. The van der Waals surface area contributed by atoms with Gasteiger partial charge in [0.05, 0.1) is 28.9 Å². The molecule has 0 aliphatic rings. The summed E-state index contributed by atoms with van der Waals surface area (Å²) >= 11 is 3.03. The van der Waals surface area contributed by atoms with Gasteiger partial charge in [0.1, 0.15) is 11.5 Å². The van der Waals surface area contributed by atoms with Crippen molar-refractivity contribution in [2.24, 2.45) is 0 Å². The number of benzene rings is 2. The Hall–Kier alpha value is -2.32. The Bertz CT molecular complexity index is 849. The molecule has 0 saturated heterocycles. The van der Waals surface area contributed by atoms with Crippen molar-refractivity contribution in [1.82, 2.24) is 4.98 Å². The van der Waals surface area contributed by atoms with E-state index in [-0.39, 0.29) is 5.69 Å². The molecule has 6 nitrogen and oxygen atoms in total. The highest BCUT2D eigenvalue weighted by atomic mass is 32.2. The molecule has 0 aliphatic heterocycles. The monoisotopic (exact) mass is 362 g/mol. The molecule has 0 saturated carbocycles. The average molecular weight is 362 g/mol. The van der Waals surface area contributed by atoms with Gasteiger partial charge in [-0.3, -0.25) is 10.1 Å². The molecule has 1 aromatic heterocycles. The Kier molecular flexibility index (Phi) is 5.17. The molecule has 0 fully saturated rings. The number of thiazole rings is 1. The first-order chi connectivity index (χ1) is 11.7. The summed E-state index contributed by atoms with van der Waals surface area (Å²) in [6.45, 7) is 0.549. The number of nitro benzene ring substituents is 1. The van der Waals surface area contributed by atoms with Gasteiger partial charge in [0, 0.05) is 17.9 Å². The van der Waals surface area contributed by atoms with Crippen LogP contribution in [0, 0.1) is 10.1 Å². The third-order valence-electron chi connectivity index (χ3n) is 3.20. The van der Waals surface area contributed by atoms with E-state index in [1.54, 1.807) is 31.0 Å². The van der Waals surface area contributed by atoms with Crippen LogP contribution in [0.1, 0.15) is 0 Å². The molecule has 124 valence electrons. The highest BCUT2D eigenvalue weighted by Crippen LogP contribution is 2.31. The largest absolute Gasteiger partial charge is 0.497 e. The molecule has 0 aliphatic carbocycles. The van der Waals surface area contributed by atoms with Crippen molar-refractivity contribution in [1.29, 1.82) is 0 Å². The molecule has 0 amide bonds. The van der Waals surface area contributed by atoms with Crippen molar-refractivity contribution in [3.8, 4) is 11.5 Å². The van der Waals surface area contributed by atoms with E-state index >= 15 is 0 Å². The minimum atomic E-state index is -0.394. The van der Waals surface area contributed by atoms with Crippen molar-refractivity contribution in [2.75, 3.05) is 19.5 Å². The molecule has 8 heteroatoms. The smallest absolute Gasteiger partial charge is 0.270 e. The summed E-state index contributed by atoms with van der Waals surface area (Å²) in [4.78, 5) is 14.9. The summed E-state index contributed by atoms with van der Waals surface area (Å²) in [5.41, 5.74) is 0.870. The van der Waals surface area contributed by atoms with Gasteiger partial charge in [-0.2, -0.15) is 0 Å². The summed E-state index contributed by atoms with van der Waals surface area (Å²) in [5.74, 6) is 2.32. The van der Waals surface area contributed by atoms with Gasteiger partial charge in [-0.05, 0) is 30.3 Å². The average Bonchev–Trinajstić information content (AvgIpc) is 3.01. The Morgan fingerprint density at radius 2 is 1.96 bits per heavy atom. The van der Waals surface area contributed by atoms with Crippen LogP contribution >= 0.6 is 23.1 Å². The molecule has 3 aromatic rings. The Morgan fingerprint density at radius 3 is 2.67 bits per heavy atom. The number of non-ortho nitro benzene ring substituents is 1. The molecule has 0 N–H and O–H groups in total. The highest BCUT2D eigenvalue weighted by molar-refractivity contribution is 8.01. The number of hydrogen-bond donors (Lipinski definition) is 0. The second-order valence-corrected chi connectivity index (χ2v) is 7.13. The molecule has 2 aromatic carbocycles. The summed E-state index contributed by atoms with van der Waals surface area (Å²) in [7, 11) is 1.62. The van der Waals surface area contributed by atoms with Crippen LogP contribution in [-0.4, -0.2) is 29.4 Å². The molecule has 0 bridgehead atoms. The first-order valence-electron chi connectivity index (χ1n) is 7.10. The lowest BCUT2D eigenvalue weighted by molar-refractivity contribution is -0.384. The van der Waals surface area contributed by atoms with Gasteiger partial charge in [0.15, 0.2) is 4.34 Å². The zero-order chi connectivity index (χ0) is 16.9. The Morgan fingerprint density at radius 1 is 1.21 bits per heavy atom. The number of nitrogens with zero attached hydrogens (tertiary/aromatic N) is 2. The van der Waals surface area contributed by atoms with Gasteiger partial charge in [-0.15, -0.1) is 11.3 Å². The minimum absolute atomic E-state index is 0.0885. The fourth-order valence-electron chi connectivity index (χ4n) is 2.03. The Labute approximate surface area is 146 Å². The molecule has 1 heterocycles. The van der Waals surface area contributed by atoms with Crippen molar-refractivity contribution >= 4 is 39.0 Å². The fourth-order valence-corrected chi connectivity index (χ4v) is 4.02. The van der Waals surface area contributed by atoms with Crippen LogP contribution in [0.4, 0.5) is 5.69 Å². The maximum atomic E-state index is 10.8. The second kappa shape index (κ2) is 7.50. The molecule has 0 spiro atoms. The molecule has 0 unspecified atom stereocenters. The normalized spacial score (nSPS) is 10.7. The Balaban J connectivity index is 1.54. The van der Waals surface area contributed by atoms with Gasteiger partial charge in [0.25, 0.3) is 5.69 Å². The molecular weight excluding hydrogens is 348 g/mol. The highest BCUT2D eigenvalue weighted by Gasteiger charge is 2.10. The van der Waals surface area contributed by atoms with Crippen LogP contribution in [0.25, 0.3) is 10.2 Å². The minimum Gasteiger partial charge on any atom is -0.497 e. The SMILES string of the molecule is COc1ccc(OCCSc2nc3ccc([N+](=O)[O-])cc3s2)cc1. The number of methoxy groups -OCH3 is 1. The maximum absolute atomic E-state index is 10.8. The van der Waals surface area contributed by atoms with E-state index in [1.807, 2.05) is 24.3 Å². The van der Waals surface area contributed by atoms with Gasteiger partial charge in [0.2, 0.25) is 0 Å². The summed E-state index contributed by atoms with van der Waals surface area (Å²) in [6.07, 6.45) is 0. The van der Waals surface area contributed by atoms with Crippen LogP contribution in [0.15, 0.2) is 46.8 Å². The van der Waals surface area contributed by atoms with E-state index in [2.05, 4.69) is 4.98 Å². The molecule has 24 heavy (non-hydrogen) atoms. The molecule has 0 radical (unpaired) electrons. The van der Waals surface area contributed by atoms with Crippen LogP contribution < -0.4 is 9.47 Å². The van der Waals surface area contributed by atoms with Crippen LogP contribution in [0.2, 0.25) is 0 Å². The van der Waals surface area contributed by atoms with Crippen LogP contribution in [0.5, 0.6) is 11.5 Å². The van der Waals surface area contributed by atoms with Gasteiger partial charge < -0.3 is 9.47 Å². The van der Waals surface area contributed by atoms with Crippen molar-refractivity contribution in [2.45, 2.75) is 4.34 Å². The van der Waals surface area contributed by atoms with Gasteiger partial charge in [-0.1, -0.05) is 11.8 Å². The fraction of sp³-hybridized carbons (Fsp3) is 0.188. The zero-order valence-electron chi connectivity index (χ0n) is 12.8. The van der Waals surface area contributed by atoms with E-state index in [0.29, 0.717) is 6.61 Å².